The van der Waals surface area contributed by atoms with E-state index in [1.807, 2.05) is 5.48 Å². The molecule has 0 radical (unpaired) electrons. The average Bonchev–Trinajstić information content (AvgIpc) is 1.82. The van der Waals surface area contributed by atoms with Crippen molar-refractivity contribution in [2.24, 2.45) is 0 Å². The minimum absolute atomic E-state index is 0.295. The van der Waals surface area contributed by atoms with E-state index in [0.29, 0.717) is 5.32 Å². The fraction of sp³-hybridized carbons (Fsp3) is 0.667. The molecule has 0 saturated carbocycles. The van der Waals surface area contributed by atoms with Crippen molar-refractivity contribution in [2.45, 2.75) is 11.4 Å². The number of rotatable bonds is 4. The molecule has 5 nitrogen and oxygen atoms in total. The van der Waals surface area contributed by atoms with Crippen LogP contribution in [0.5, 0.6) is 0 Å². The SMILES string of the molecule is O=C(O)[C@H](C[SeH])NOO. The van der Waals surface area contributed by atoms with E-state index in [0.717, 1.165) is 0 Å². The van der Waals surface area contributed by atoms with Gasteiger partial charge in [0, 0.05) is 0 Å². The molecular weight excluding hydrogens is 193 g/mol. The summed E-state index contributed by atoms with van der Waals surface area (Å²) < 4.78 is 0. The molecular formula is C3H7NO4Se. The van der Waals surface area contributed by atoms with Gasteiger partial charge in [-0.3, -0.25) is 0 Å². The van der Waals surface area contributed by atoms with Crippen LogP contribution in [-0.2, 0) is 9.78 Å². The van der Waals surface area contributed by atoms with Gasteiger partial charge in [0.25, 0.3) is 0 Å². The van der Waals surface area contributed by atoms with Gasteiger partial charge in [0.2, 0.25) is 0 Å². The molecule has 0 heterocycles. The summed E-state index contributed by atoms with van der Waals surface area (Å²) in [6.07, 6.45) is 0. The molecule has 0 aliphatic rings. The second-order valence-electron chi connectivity index (χ2n) is 1.28. The van der Waals surface area contributed by atoms with Crippen molar-refractivity contribution in [1.29, 1.82) is 0 Å². The average molecular weight is 200 g/mol. The van der Waals surface area contributed by atoms with Gasteiger partial charge >= 0.3 is 59.0 Å². The van der Waals surface area contributed by atoms with E-state index in [2.05, 4.69) is 21.0 Å². The van der Waals surface area contributed by atoms with Crippen LogP contribution in [0.4, 0.5) is 0 Å². The summed E-state index contributed by atoms with van der Waals surface area (Å²) in [5.41, 5.74) is 1.87. The van der Waals surface area contributed by atoms with Crippen LogP contribution in [-0.4, -0.2) is 38.4 Å². The van der Waals surface area contributed by atoms with Crippen molar-refractivity contribution in [3.63, 3.8) is 0 Å². The molecule has 0 fully saturated rings. The zero-order valence-corrected chi connectivity index (χ0v) is 6.32. The van der Waals surface area contributed by atoms with Crippen LogP contribution in [0, 0.1) is 0 Å². The van der Waals surface area contributed by atoms with Crippen molar-refractivity contribution >= 4 is 22.0 Å². The van der Waals surface area contributed by atoms with Crippen molar-refractivity contribution < 1.29 is 20.1 Å². The van der Waals surface area contributed by atoms with Gasteiger partial charge in [0.1, 0.15) is 0 Å². The number of aliphatic carboxylic acids is 1. The van der Waals surface area contributed by atoms with Crippen molar-refractivity contribution in [3.8, 4) is 0 Å². The number of carbonyl (C=O) groups is 1. The van der Waals surface area contributed by atoms with E-state index in [-0.39, 0.29) is 0 Å². The van der Waals surface area contributed by atoms with Gasteiger partial charge in [-0.05, 0) is 0 Å². The van der Waals surface area contributed by atoms with E-state index in [1.165, 1.54) is 0 Å². The molecule has 0 aliphatic heterocycles. The molecule has 9 heavy (non-hydrogen) atoms. The van der Waals surface area contributed by atoms with Crippen molar-refractivity contribution in [2.75, 3.05) is 0 Å². The van der Waals surface area contributed by atoms with Gasteiger partial charge in [-0.25, -0.2) is 0 Å². The van der Waals surface area contributed by atoms with Crippen molar-refractivity contribution in [3.05, 3.63) is 0 Å². The number of carboxylic acids is 1. The van der Waals surface area contributed by atoms with Gasteiger partial charge in [-0.1, -0.05) is 0 Å². The third-order valence-electron chi connectivity index (χ3n) is 0.676. The topological polar surface area (TPSA) is 78.8 Å². The Morgan fingerprint density at radius 2 is 2.44 bits per heavy atom. The van der Waals surface area contributed by atoms with E-state index in [4.69, 9.17) is 10.4 Å². The van der Waals surface area contributed by atoms with E-state index in [9.17, 15) is 4.79 Å². The molecule has 0 rings (SSSR count). The maximum absolute atomic E-state index is 10.1. The molecule has 0 unspecified atom stereocenters. The summed E-state index contributed by atoms with van der Waals surface area (Å²) in [5.74, 6) is -1.07. The first-order valence-corrected chi connectivity index (χ1v) is 3.44. The number of hydrogen-bond donors (Lipinski definition) is 3. The molecule has 0 aromatic carbocycles. The van der Waals surface area contributed by atoms with Gasteiger partial charge in [0.05, 0.1) is 0 Å². The van der Waals surface area contributed by atoms with Crippen molar-refractivity contribution in [1.82, 2.24) is 5.48 Å². The monoisotopic (exact) mass is 201 g/mol. The number of hydrogen-bond acceptors (Lipinski definition) is 4. The van der Waals surface area contributed by atoms with E-state index < -0.39 is 12.0 Å². The van der Waals surface area contributed by atoms with Crippen LogP contribution >= 0.6 is 0 Å². The molecule has 1 atom stereocenters. The van der Waals surface area contributed by atoms with Crippen LogP contribution in [0.15, 0.2) is 0 Å². The summed E-state index contributed by atoms with van der Waals surface area (Å²) in [5, 5.41) is 16.3. The van der Waals surface area contributed by atoms with Gasteiger partial charge in [0.15, 0.2) is 0 Å². The summed E-state index contributed by atoms with van der Waals surface area (Å²) in [4.78, 5) is 13.5. The first-order chi connectivity index (χ1) is 4.22. The first-order valence-electron chi connectivity index (χ1n) is 2.12. The number of hydroxylamine groups is 1. The number of carboxylic acid groups (broad SMARTS) is 1. The summed E-state index contributed by atoms with van der Waals surface area (Å²) in [7, 11) is 0. The van der Waals surface area contributed by atoms with E-state index >= 15 is 0 Å². The zero-order valence-electron chi connectivity index (χ0n) is 4.44. The fourth-order valence-corrected chi connectivity index (χ4v) is 0.713. The Labute approximate surface area is 59.7 Å². The third kappa shape index (κ3) is 3.45. The Morgan fingerprint density at radius 3 is 2.56 bits per heavy atom. The van der Waals surface area contributed by atoms with Crippen LogP contribution < -0.4 is 5.48 Å². The van der Waals surface area contributed by atoms with Crippen LogP contribution in [0.2, 0.25) is 5.32 Å². The predicted octanol–water partition coefficient (Wildman–Crippen LogP) is -1.25. The molecule has 3 N–H and O–H groups in total. The van der Waals surface area contributed by atoms with Gasteiger partial charge in [-0.15, -0.1) is 0 Å². The second-order valence-corrected chi connectivity index (χ2v) is 2.05. The molecule has 54 valence electrons. The third-order valence-corrected chi connectivity index (χ3v) is 1.44. The first kappa shape index (κ1) is 8.87. The quantitative estimate of drug-likeness (QED) is 0.300. The molecule has 0 bridgehead atoms. The molecule has 6 heteroatoms. The zero-order chi connectivity index (χ0) is 7.28. The Morgan fingerprint density at radius 1 is 1.89 bits per heavy atom. The predicted molar refractivity (Wildman–Crippen MR) is 30.2 cm³/mol. The molecule has 0 spiro atoms. The molecule has 0 aromatic rings. The van der Waals surface area contributed by atoms with Crippen LogP contribution in [0.25, 0.3) is 0 Å². The Hall–Kier alpha value is -0.131. The van der Waals surface area contributed by atoms with Gasteiger partial charge in [-0.2, -0.15) is 0 Å². The minimum atomic E-state index is -1.07. The summed E-state index contributed by atoms with van der Waals surface area (Å²) in [6, 6.07) is -0.866. The van der Waals surface area contributed by atoms with E-state index in [1.54, 1.807) is 0 Å². The molecule has 0 aromatic heterocycles. The maximum atomic E-state index is 10.1. The van der Waals surface area contributed by atoms with Crippen LogP contribution in [0.1, 0.15) is 0 Å². The second kappa shape index (κ2) is 4.72. The molecule has 0 aliphatic carbocycles. The Balaban J connectivity index is 3.54. The molecule has 0 saturated heterocycles. The summed E-state index contributed by atoms with van der Waals surface area (Å²) in [6.45, 7) is 0. The number of nitrogens with one attached hydrogen (secondary N) is 1. The molecule has 0 amide bonds. The normalized spacial score (nSPS) is 13.1. The van der Waals surface area contributed by atoms with Crippen LogP contribution in [0.3, 0.4) is 0 Å². The standard InChI is InChI=1S/C3H7NO4Se/c5-3(6)2(1-9)4-8-7/h2,4,7,9H,1H2,(H,5,6)/t2-/m0/s1. The van der Waals surface area contributed by atoms with Gasteiger partial charge < -0.3 is 0 Å². The fourth-order valence-electron chi connectivity index (χ4n) is 0.229. The summed E-state index contributed by atoms with van der Waals surface area (Å²) >= 11 is 2.07. The Bertz CT molecular complexity index is 97.8. The Kier molecular flexibility index (Phi) is 4.65.